The van der Waals surface area contributed by atoms with Gasteiger partial charge >= 0.3 is 0 Å². The number of carbonyl (C=O) groups excluding carboxylic acids is 2. The van der Waals surface area contributed by atoms with E-state index in [9.17, 15) is 9.59 Å². The highest BCUT2D eigenvalue weighted by atomic mass is 16.5. The molecule has 4 rings (SSSR count). The van der Waals surface area contributed by atoms with Crippen molar-refractivity contribution in [3.63, 3.8) is 0 Å². The van der Waals surface area contributed by atoms with Crippen LogP contribution in [0.5, 0.6) is 0 Å². The van der Waals surface area contributed by atoms with E-state index in [2.05, 4.69) is 17.2 Å². The lowest BCUT2D eigenvalue weighted by atomic mass is 9.78. The summed E-state index contributed by atoms with van der Waals surface area (Å²) in [5, 5.41) is 2.98. The Hall–Kier alpha value is -1.95. The second kappa shape index (κ2) is 6.41. The van der Waals surface area contributed by atoms with Gasteiger partial charge in [-0.15, -0.1) is 0 Å². The number of rotatable bonds is 5. The lowest BCUT2D eigenvalue weighted by Gasteiger charge is -2.50. The number of carbonyl (C=O) groups is 2. The monoisotopic (exact) mass is 343 g/mol. The predicted molar refractivity (Wildman–Crippen MR) is 91.8 cm³/mol. The minimum absolute atomic E-state index is 0.0662. The minimum Gasteiger partial charge on any atom is -0.371 e. The van der Waals surface area contributed by atoms with Crippen molar-refractivity contribution in [2.24, 2.45) is 17.8 Å². The standard InChI is InChI=1S/C19H25N3O3/c1-13-10-16(13)18(24)22-11-19(12-22)15(5-9-25-19)4-8-21-17(23)14-2-6-20-7-3-14/h2-3,6-7,13,15-16H,4-5,8-12H2,1H3,(H,21,23). The van der Waals surface area contributed by atoms with Crippen LogP contribution in [-0.4, -0.2) is 53.5 Å². The van der Waals surface area contributed by atoms with Crippen LogP contribution in [0, 0.1) is 17.8 Å². The Morgan fingerprint density at radius 1 is 1.36 bits per heavy atom. The van der Waals surface area contributed by atoms with Gasteiger partial charge in [-0.2, -0.15) is 0 Å². The molecule has 6 nitrogen and oxygen atoms in total. The molecule has 0 radical (unpaired) electrons. The van der Waals surface area contributed by atoms with E-state index in [1.165, 1.54) is 0 Å². The van der Waals surface area contributed by atoms with Crippen LogP contribution in [-0.2, 0) is 9.53 Å². The van der Waals surface area contributed by atoms with Gasteiger partial charge in [-0.25, -0.2) is 0 Å². The Morgan fingerprint density at radius 3 is 2.76 bits per heavy atom. The van der Waals surface area contributed by atoms with Crippen molar-refractivity contribution in [1.82, 2.24) is 15.2 Å². The topological polar surface area (TPSA) is 71.5 Å². The molecule has 2 amide bonds. The number of aromatic nitrogens is 1. The van der Waals surface area contributed by atoms with Gasteiger partial charge in [0.15, 0.2) is 0 Å². The first-order chi connectivity index (χ1) is 12.1. The number of nitrogens with one attached hydrogen (secondary N) is 1. The van der Waals surface area contributed by atoms with Crippen molar-refractivity contribution in [3.05, 3.63) is 30.1 Å². The van der Waals surface area contributed by atoms with Crippen molar-refractivity contribution >= 4 is 11.8 Å². The average Bonchev–Trinajstić information content (AvgIpc) is 3.17. The number of ether oxygens (including phenoxy) is 1. The first-order valence-corrected chi connectivity index (χ1v) is 9.20. The summed E-state index contributed by atoms with van der Waals surface area (Å²) in [6.45, 7) is 4.96. The van der Waals surface area contributed by atoms with Crippen molar-refractivity contribution in [3.8, 4) is 0 Å². The molecule has 25 heavy (non-hydrogen) atoms. The molecule has 3 unspecified atom stereocenters. The molecule has 134 valence electrons. The molecule has 6 heteroatoms. The van der Waals surface area contributed by atoms with Crippen LogP contribution in [0.1, 0.15) is 36.5 Å². The lowest BCUT2D eigenvalue weighted by molar-refractivity contribution is -0.166. The van der Waals surface area contributed by atoms with E-state index in [-0.39, 0.29) is 17.4 Å². The van der Waals surface area contributed by atoms with E-state index in [4.69, 9.17) is 4.74 Å². The maximum absolute atomic E-state index is 12.3. The average molecular weight is 343 g/mol. The Bertz CT molecular complexity index is 657. The maximum Gasteiger partial charge on any atom is 0.251 e. The van der Waals surface area contributed by atoms with E-state index in [1.54, 1.807) is 24.5 Å². The summed E-state index contributed by atoms with van der Waals surface area (Å²) < 4.78 is 6.02. The van der Waals surface area contributed by atoms with Gasteiger partial charge in [0.05, 0.1) is 13.1 Å². The third kappa shape index (κ3) is 3.15. The summed E-state index contributed by atoms with van der Waals surface area (Å²) in [5.74, 6) is 1.44. The molecular formula is C19H25N3O3. The third-order valence-electron chi connectivity index (χ3n) is 5.98. The Kier molecular flexibility index (Phi) is 4.23. The summed E-state index contributed by atoms with van der Waals surface area (Å²) in [6.07, 6.45) is 6.17. The van der Waals surface area contributed by atoms with Crippen molar-refractivity contribution < 1.29 is 14.3 Å². The van der Waals surface area contributed by atoms with Crippen LogP contribution in [0.4, 0.5) is 0 Å². The summed E-state index contributed by atoms with van der Waals surface area (Å²) in [4.78, 5) is 30.3. The van der Waals surface area contributed by atoms with E-state index in [0.717, 1.165) is 39.0 Å². The molecule has 3 aliphatic rings. The molecule has 2 aliphatic heterocycles. The van der Waals surface area contributed by atoms with Gasteiger partial charge in [-0.3, -0.25) is 14.6 Å². The number of amides is 2. The van der Waals surface area contributed by atoms with Crippen molar-refractivity contribution in [2.45, 2.75) is 31.8 Å². The van der Waals surface area contributed by atoms with Crippen LogP contribution in [0.25, 0.3) is 0 Å². The zero-order valence-corrected chi connectivity index (χ0v) is 14.6. The van der Waals surface area contributed by atoms with Gasteiger partial charge in [0.2, 0.25) is 5.91 Å². The lowest BCUT2D eigenvalue weighted by Crippen LogP contribution is -2.66. The fourth-order valence-electron chi connectivity index (χ4n) is 4.16. The molecule has 0 aromatic carbocycles. The molecule has 2 saturated heterocycles. The van der Waals surface area contributed by atoms with Crippen molar-refractivity contribution in [2.75, 3.05) is 26.2 Å². The Labute approximate surface area is 147 Å². The molecule has 3 heterocycles. The Morgan fingerprint density at radius 2 is 2.08 bits per heavy atom. The third-order valence-corrected chi connectivity index (χ3v) is 5.98. The largest absolute Gasteiger partial charge is 0.371 e. The van der Waals surface area contributed by atoms with E-state index in [0.29, 0.717) is 29.9 Å². The first kappa shape index (κ1) is 16.5. The molecule has 1 aliphatic carbocycles. The first-order valence-electron chi connectivity index (χ1n) is 9.20. The SMILES string of the molecule is CC1CC1C(=O)N1CC2(C1)OCCC2CCNC(=O)c1ccncc1. The fraction of sp³-hybridized carbons (Fsp3) is 0.632. The predicted octanol–water partition coefficient (Wildman–Crippen LogP) is 1.47. The van der Waals surface area contributed by atoms with Crippen LogP contribution in [0.3, 0.4) is 0 Å². The second-order valence-corrected chi connectivity index (χ2v) is 7.69. The maximum atomic E-state index is 12.3. The highest BCUT2D eigenvalue weighted by Gasteiger charge is 2.56. The summed E-state index contributed by atoms with van der Waals surface area (Å²) in [6, 6.07) is 3.42. The van der Waals surface area contributed by atoms with Crippen LogP contribution in [0.2, 0.25) is 0 Å². The van der Waals surface area contributed by atoms with Crippen molar-refractivity contribution in [1.29, 1.82) is 0 Å². The molecule has 3 fully saturated rings. The van der Waals surface area contributed by atoms with Crippen LogP contribution < -0.4 is 5.32 Å². The van der Waals surface area contributed by atoms with Gasteiger partial charge in [-0.05, 0) is 43.2 Å². The van der Waals surface area contributed by atoms with Gasteiger partial charge in [0, 0.05) is 37.0 Å². The molecule has 1 spiro atoms. The number of likely N-dealkylation sites (tertiary alicyclic amines) is 1. The van der Waals surface area contributed by atoms with Gasteiger partial charge < -0.3 is 15.0 Å². The molecule has 3 atom stereocenters. The number of pyridine rings is 1. The zero-order valence-electron chi connectivity index (χ0n) is 14.6. The van der Waals surface area contributed by atoms with Crippen LogP contribution in [0.15, 0.2) is 24.5 Å². The molecule has 1 aromatic heterocycles. The number of hydrogen-bond donors (Lipinski definition) is 1. The normalized spacial score (nSPS) is 29.3. The molecule has 1 aromatic rings. The summed E-state index contributed by atoms with van der Waals surface area (Å²) in [5.41, 5.74) is 0.459. The highest BCUT2D eigenvalue weighted by molar-refractivity contribution is 5.93. The fourth-order valence-corrected chi connectivity index (χ4v) is 4.16. The van der Waals surface area contributed by atoms with E-state index >= 15 is 0 Å². The second-order valence-electron chi connectivity index (χ2n) is 7.69. The summed E-state index contributed by atoms with van der Waals surface area (Å²) >= 11 is 0. The summed E-state index contributed by atoms with van der Waals surface area (Å²) in [7, 11) is 0. The van der Waals surface area contributed by atoms with E-state index in [1.807, 2.05) is 4.90 Å². The smallest absolute Gasteiger partial charge is 0.251 e. The van der Waals surface area contributed by atoms with Crippen LogP contribution >= 0.6 is 0 Å². The molecular weight excluding hydrogens is 318 g/mol. The molecule has 0 bridgehead atoms. The molecule has 1 N–H and O–H groups in total. The minimum atomic E-state index is -0.171. The van der Waals surface area contributed by atoms with E-state index < -0.39 is 0 Å². The number of hydrogen-bond acceptors (Lipinski definition) is 4. The van der Waals surface area contributed by atoms with Gasteiger partial charge in [0.1, 0.15) is 5.60 Å². The number of nitrogens with zero attached hydrogens (tertiary/aromatic N) is 2. The van der Waals surface area contributed by atoms with Gasteiger partial charge in [-0.1, -0.05) is 6.92 Å². The quantitative estimate of drug-likeness (QED) is 0.879. The van der Waals surface area contributed by atoms with Gasteiger partial charge in [0.25, 0.3) is 5.91 Å². The zero-order chi connectivity index (χ0) is 17.4. The highest BCUT2D eigenvalue weighted by Crippen LogP contribution is 2.45. The molecule has 1 saturated carbocycles. The Balaban J connectivity index is 1.25.